The number of primary amides is 1. The summed E-state index contributed by atoms with van der Waals surface area (Å²) in [6, 6.07) is 9.44. The van der Waals surface area contributed by atoms with E-state index in [-0.39, 0.29) is 12.0 Å². The lowest BCUT2D eigenvalue weighted by Crippen LogP contribution is -2.33. The molecule has 1 aromatic carbocycles. The topological polar surface area (TPSA) is 52.3 Å². The van der Waals surface area contributed by atoms with E-state index < -0.39 is 0 Å². The van der Waals surface area contributed by atoms with Gasteiger partial charge in [0.2, 0.25) is 5.91 Å². The van der Waals surface area contributed by atoms with Crippen molar-refractivity contribution in [1.82, 2.24) is 0 Å². The van der Waals surface area contributed by atoms with Crippen molar-refractivity contribution in [2.75, 3.05) is 6.61 Å². The van der Waals surface area contributed by atoms with E-state index >= 15 is 0 Å². The predicted molar refractivity (Wildman–Crippen MR) is 64.2 cm³/mol. The maximum atomic E-state index is 10.5. The number of hydrogen-bond acceptors (Lipinski definition) is 2. The molecule has 0 aromatic heterocycles. The molecule has 1 heterocycles. The zero-order valence-corrected chi connectivity index (χ0v) is 9.82. The highest BCUT2D eigenvalue weighted by Gasteiger charge is 2.18. The third-order valence-corrected chi connectivity index (χ3v) is 2.48. The molecular formula is C12H16ClNO2. The van der Waals surface area contributed by atoms with Crippen LogP contribution < -0.4 is 5.73 Å². The van der Waals surface area contributed by atoms with Crippen molar-refractivity contribution in [1.29, 1.82) is 0 Å². The van der Waals surface area contributed by atoms with Crippen LogP contribution in [0.1, 0.15) is 19.3 Å². The number of nitrogens with two attached hydrogens (primary N) is 1. The van der Waals surface area contributed by atoms with Crippen LogP contribution in [0.3, 0.4) is 0 Å². The van der Waals surface area contributed by atoms with Crippen molar-refractivity contribution in [3.05, 3.63) is 35.4 Å². The van der Waals surface area contributed by atoms with Crippen LogP contribution in [0, 0.1) is 0 Å². The minimum absolute atomic E-state index is 0.307. The van der Waals surface area contributed by atoms with E-state index in [1.54, 1.807) is 0 Å². The van der Waals surface area contributed by atoms with Crippen molar-refractivity contribution in [2.24, 2.45) is 5.73 Å². The number of carbonyl (C=O) groups excluding carboxylic acids is 1. The smallest absolute Gasteiger partial charge is 0.246 e. The van der Waals surface area contributed by atoms with Crippen molar-refractivity contribution in [3.63, 3.8) is 0 Å². The highest BCUT2D eigenvalue weighted by Crippen LogP contribution is 2.11. The molecular weight excluding hydrogens is 226 g/mol. The van der Waals surface area contributed by atoms with Gasteiger partial charge in [0.1, 0.15) is 6.10 Å². The van der Waals surface area contributed by atoms with Crippen molar-refractivity contribution in [2.45, 2.75) is 25.4 Å². The Labute approximate surface area is 101 Å². The van der Waals surface area contributed by atoms with Gasteiger partial charge < -0.3 is 10.5 Å². The normalized spacial score (nSPS) is 19.4. The average molecular weight is 242 g/mol. The van der Waals surface area contributed by atoms with E-state index in [4.69, 9.17) is 22.1 Å². The molecule has 2 N–H and O–H groups in total. The first kappa shape index (κ1) is 13.0. The van der Waals surface area contributed by atoms with Crippen LogP contribution in [-0.2, 0) is 9.53 Å². The second-order valence-corrected chi connectivity index (χ2v) is 3.99. The fourth-order valence-corrected chi connectivity index (χ4v) is 1.53. The van der Waals surface area contributed by atoms with Gasteiger partial charge >= 0.3 is 0 Å². The summed E-state index contributed by atoms with van der Waals surface area (Å²) < 4.78 is 5.06. The van der Waals surface area contributed by atoms with E-state index in [1.807, 2.05) is 30.3 Å². The van der Waals surface area contributed by atoms with E-state index in [0.29, 0.717) is 6.61 Å². The lowest BCUT2D eigenvalue weighted by atomic mass is 10.1. The molecule has 1 atom stereocenters. The van der Waals surface area contributed by atoms with Gasteiger partial charge in [0.05, 0.1) is 0 Å². The van der Waals surface area contributed by atoms with Gasteiger partial charge in [-0.3, -0.25) is 4.79 Å². The second kappa shape index (κ2) is 7.25. The summed E-state index contributed by atoms with van der Waals surface area (Å²) >= 11 is 5.54. The summed E-state index contributed by atoms with van der Waals surface area (Å²) in [4.78, 5) is 10.5. The molecule has 0 bridgehead atoms. The molecule has 1 fully saturated rings. The molecule has 1 aliphatic heterocycles. The zero-order valence-electron chi connectivity index (χ0n) is 9.06. The number of hydrogen-bond donors (Lipinski definition) is 1. The van der Waals surface area contributed by atoms with Gasteiger partial charge in [0, 0.05) is 11.6 Å². The lowest BCUT2D eigenvalue weighted by Gasteiger charge is -2.18. The van der Waals surface area contributed by atoms with Gasteiger partial charge in [-0.25, -0.2) is 0 Å². The van der Waals surface area contributed by atoms with Crippen molar-refractivity contribution < 1.29 is 9.53 Å². The van der Waals surface area contributed by atoms with Crippen LogP contribution in [0.4, 0.5) is 0 Å². The quantitative estimate of drug-likeness (QED) is 0.821. The SMILES string of the molecule is Clc1ccccc1.NC(=O)C1CCCCO1. The molecule has 0 aliphatic carbocycles. The summed E-state index contributed by atoms with van der Waals surface area (Å²) in [6.45, 7) is 0.688. The summed E-state index contributed by atoms with van der Waals surface area (Å²) in [5.74, 6) is -0.324. The third kappa shape index (κ3) is 5.14. The fourth-order valence-electron chi connectivity index (χ4n) is 1.38. The average Bonchev–Trinajstić information content (AvgIpc) is 2.32. The summed E-state index contributed by atoms with van der Waals surface area (Å²) in [5.41, 5.74) is 5.00. The summed E-state index contributed by atoms with van der Waals surface area (Å²) in [6.07, 6.45) is 2.62. The second-order valence-electron chi connectivity index (χ2n) is 3.55. The first-order valence-corrected chi connectivity index (χ1v) is 5.69. The highest BCUT2D eigenvalue weighted by molar-refractivity contribution is 6.30. The summed E-state index contributed by atoms with van der Waals surface area (Å²) in [7, 11) is 0. The van der Waals surface area contributed by atoms with E-state index in [2.05, 4.69) is 0 Å². The molecule has 2 rings (SSSR count). The van der Waals surface area contributed by atoms with Gasteiger partial charge in [-0.05, 0) is 31.4 Å². The minimum Gasteiger partial charge on any atom is -0.368 e. The zero-order chi connectivity index (χ0) is 11.8. The van der Waals surface area contributed by atoms with Gasteiger partial charge in [0.25, 0.3) is 0 Å². The number of amides is 1. The molecule has 16 heavy (non-hydrogen) atoms. The molecule has 1 aromatic rings. The number of carbonyl (C=O) groups is 1. The van der Waals surface area contributed by atoms with E-state index in [9.17, 15) is 4.79 Å². The van der Waals surface area contributed by atoms with Gasteiger partial charge in [0.15, 0.2) is 0 Å². The molecule has 0 saturated carbocycles. The number of benzene rings is 1. The number of rotatable bonds is 1. The number of halogens is 1. The van der Waals surface area contributed by atoms with Crippen LogP contribution in [0.2, 0.25) is 5.02 Å². The maximum absolute atomic E-state index is 10.5. The Morgan fingerprint density at radius 3 is 2.31 bits per heavy atom. The largest absolute Gasteiger partial charge is 0.368 e. The third-order valence-electron chi connectivity index (χ3n) is 2.23. The van der Waals surface area contributed by atoms with Crippen LogP contribution in [0.5, 0.6) is 0 Å². The minimum atomic E-state index is -0.324. The first-order valence-electron chi connectivity index (χ1n) is 5.31. The molecule has 1 aliphatic rings. The Morgan fingerprint density at radius 1 is 1.31 bits per heavy atom. The fraction of sp³-hybridized carbons (Fsp3) is 0.417. The monoisotopic (exact) mass is 241 g/mol. The maximum Gasteiger partial charge on any atom is 0.246 e. The van der Waals surface area contributed by atoms with Gasteiger partial charge in [-0.1, -0.05) is 29.8 Å². The molecule has 0 spiro atoms. The van der Waals surface area contributed by atoms with E-state index in [0.717, 1.165) is 24.3 Å². The van der Waals surface area contributed by atoms with Crippen molar-refractivity contribution in [3.8, 4) is 0 Å². The molecule has 1 saturated heterocycles. The molecule has 4 heteroatoms. The van der Waals surface area contributed by atoms with Crippen LogP contribution >= 0.6 is 11.6 Å². The van der Waals surface area contributed by atoms with Crippen molar-refractivity contribution >= 4 is 17.5 Å². The van der Waals surface area contributed by atoms with Crippen LogP contribution in [-0.4, -0.2) is 18.6 Å². The first-order chi connectivity index (χ1) is 7.70. The Hall–Kier alpha value is -1.06. The molecule has 1 unspecified atom stereocenters. The van der Waals surface area contributed by atoms with Crippen LogP contribution in [0.15, 0.2) is 30.3 Å². The van der Waals surface area contributed by atoms with Gasteiger partial charge in [-0.2, -0.15) is 0 Å². The number of ether oxygens (including phenoxy) is 1. The molecule has 88 valence electrons. The van der Waals surface area contributed by atoms with Crippen LogP contribution in [0.25, 0.3) is 0 Å². The van der Waals surface area contributed by atoms with E-state index in [1.165, 1.54) is 0 Å². The summed E-state index contributed by atoms with van der Waals surface area (Å²) in [5, 5.41) is 0.794. The lowest BCUT2D eigenvalue weighted by molar-refractivity contribution is -0.132. The molecule has 1 amide bonds. The highest BCUT2D eigenvalue weighted by atomic mass is 35.5. The van der Waals surface area contributed by atoms with Gasteiger partial charge in [-0.15, -0.1) is 0 Å². The Balaban J connectivity index is 0.000000165. The Bertz CT molecular complexity index is 310. The predicted octanol–water partition coefficient (Wildman–Crippen LogP) is 2.38. The standard InChI is InChI=1S/C6H5Cl.C6H11NO2/c7-6-4-2-1-3-5-6;7-6(8)5-3-1-2-4-9-5/h1-5H;5H,1-4H2,(H2,7,8). The molecule has 0 radical (unpaired) electrons. The Morgan fingerprint density at radius 2 is 2.00 bits per heavy atom. The Kier molecular flexibility index (Phi) is 5.90. The molecule has 3 nitrogen and oxygen atoms in total.